The van der Waals surface area contributed by atoms with E-state index in [9.17, 15) is 4.39 Å². The molecule has 0 saturated heterocycles. The smallest absolute Gasteiger partial charge is 0.224 e. The van der Waals surface area contributed by atoms with Gasteiger partial charge in [0, 0.05) is 18.5 Å². The van der Waals surface area contributed by atoms with Crippen molar-refractivity contribution < 1.29 is 4.39 Å². The van der Waals surface area contributed by atoms with Crippen molar-refractivity contribution >= 4 is 34.5 Å². The first-order valence-electron chi connectivity index (χ1n) is 10.7. The molecule has 0 fully saturated rings. The summed E-state index contributed by atoms with van der Waals surface area (Å²) in [5.41, 5.74) is 6.90. The van der Waals surface area contributed by atoms with Crippen LogP contribution in [0.4, 0.5) is 27.5 Å². The molecule has 0 bridgehead atoms. The molecule has 0 amide bonds. The minimum absolute atomic E-state index is 0.299. The zero-order chi connectivity index (χ0) is 23.3. The number of allylic oxidation sites excluding steroid dienone is 6. The Balaban J connectivity index is 0.000000374. The Hall–Kier alpha value is -3.65. The Kier molecular flexibility index (Phi) is 9.47. The van der Waals surface area contributed by atoms with E-state index in [0.717, 1.165) is 19.4 Å². The number of benzene rings is 1. The number of halogens is 1. The van der Waals surface area contributed by atoms with Crippen LogP contribution in [0, 0.1) is 5.82 Å². The van der Waals surface area contributed by atoms with E-state index in [4.69, 9.17) is 5.73 Å². The lowest BCUT2D eigenvalue weighted by Crippen LogP contribution is -2.27. The van der Waals surface area contributed by atoms with Gasteiger partial charge in [0.1, 0.15) is 5.82 Å². The summed E-state index contributed by atoms with van der Waals surface area (Å²) in [6.07, 6.45) is 16.0. The molecule has 0 saturated carbocycles. The van der Waals surface area contributed by atoms with Gasteiger partial charge in [-0.05, 0) is 36.4 Å². The molecular formula is C25H29FN6S. The highest BCUT2D eigenvalue weighted by Gasteiger charge is 2.10. The molecule has 0 radical (unpaired) electrons. The minimum Gasteiger partial charge on any atom is -0.394 e. The molecule has 33 heavy (non-hydrogen) atoms. The van der Waals surface area contributed by atoms with E-state index in [2.05, 4.69) is 56.4 Å². The number of rotatable bonds is 8. The number of nitrogens with two attached hydrogens (primary N) is 1. The van der Waals surface area contributed by atoms with E-state index in [1.807, 2.05) is 30.2 Å². The van der Waals surface area contributed by atoms with Gasteiger partial charge in [-0.25, -0.2) is 9.37 Å². The molecule has 4 N–H and O–H groups in total. The average Bonchev–Trinajstić information content (AvgIpc) is 3.16. The molecular weight excluding hydrogens is 435 g/mol. The quantitative estimate of drug-likeness (QED) is 0.383. The lowest BCUT2D eigenvalue weighted by molar-refractivity contribution is 0.630. The van der Waals surface area contributed by atoms with Crippen LogP contribution in [-0.4, -0.2) is 30.2 Å². The molecule has 0 spiro atoms. The van der Waals surface area contributed by atoms with Gasteiger partial charge in [-0.1, -0.05) is 54.7 Å². The Morgan fingerprint density at radius 1 is 1.06 bits per heavy atom. The maximum absolute atomic E-state index is 13.7. The van der Waals surface area contributed by atoms with Gasteiger partial charge in [0.2, 0.25) is 5.95 Å². The number of thiophene rings is 1. The van der Waals surface area contributed by atoms with Crippen molar-refractivity contribution in [2.75, 3.05) is 41.5 Å². The zero-order valence-electron chi connectivity index (χ0n) is 18.6. The normalized spacial score (nSPS) is 11.9. The molecule has 3 aromatic rings. The van der Waals surface area contributed by atoms with Crippen LogP contribution in [0.5, 0.6) is 0 Å². The number of nitrogens with one attached hydrogen (secondary N) is 2. The first kappa shape index (κ1) is 24.0. The highest BCUT2D eigenvalue weighted by atomic mass is 32.1. The minimum atomic E-state index is -0.299. The van der Waals surface area contributed by atoms with E-state index < -0.39 is 0 Å². The predicted octanol–water partition coefficient (Wildman–Crippen LogP) is 5.48. The van der Waals surface area contributed by atoms with Crippen molar-refractivity contribution in [2.45, 2.75) is 12.8 Å². The van der Waals surface area contributed by atoms with Crippen LogP contribution in [-0.2, 0) is 6.42 Å². The molecule has 6 nitrogen and oxygen atoms in total. The Labute approximate surface area is 198 Å². The first-order valence-corrected chi connectivity index (χ1v) is 11.6. The van der Waals surface area contributed by atoms with Crippen molar-refractivity contribution in [1.82, 2.24) is 9.97 Å². The summed E-state index contributed by atoms with van der Waals surface area (Å²) in [7, 11) is 1.84. The number of nitrogens with zero attached hydrogens (tertiary/aromatic N) is 3. The second-order valence-corrected chi connectivity index (χ2v) is 8.25. The lowest BCUT2D eigenvalue weighted by Gasteiger charge is -2.21. The molecule has 0 unspecified atom stereocenters. The van der Waals surface area contributed by atoms with Crippen LogP contribution in [0.2, 0.25) is 0 Å². The number of hydrogen-bond donors (Lipinski definition) is 3. The predicted molar refractivity (Wildman–Crippen MR) is 138 cm³/mol. The molecule has 0 atom stereocenters. The van der Waals surface area contributed by atoms with Crippen LogP contribution < -0.4 is 21.3 Å². The standard InChI is InChI=1S/C18H21FN6S.C7H8/c1-25(12-23-16-7-3-2-6-14(16)19)17-15(20)11-22-18(24-17)21-9-8-13-5-4-10-26-13;1-2-4-6-7-5-3-1/h2-7,10-11,23H,8-9,12,20H2,1H3,(H,21,22,24);1-6H,7H2. The number of aromatic nitrogens is 2. The molecule has 1 aliphatic rings. The summed E-state index contributed by atoms with van der Waals surface area (Å²) in [6.45, 7) is 1.10. The highest BCUT2D eigenvalue weighted by molar-refractivity contribution is 7.09. The van der Waals surface area contributed by atoms with Gasteiger partial charge in [0.05, 0.1) is 24.2 Å². The summed E-state index contributed by atoms with van der Waals surface area (Å²) in [5.74, 6) is 0.804. The summed E-state index contributed by atoms with van der Waals surface area (Å²) in [5, 5.41) is 8.31. The Morgan fingerprint density at radius 3 is 2.58 bits per heavy atom. The molecule has 8 heteroatoms. The highest BCUT2D eigenvalue weighted by Crippen LogP contribution is 2.20. The van der Waals surface area contributed by atoms with Gasteiger partial charge in [-0.3, -0.25) is 0 Å². The van der Waals surface area contributed by atoms with Gasteiger partial charge < -0.3 is 21.3 Å². The van der Waals surface area contributed by atoms with Gasteiger partial charge in [-0.2, -0.15) is 4.98 Å². The summed E-state index contributed by atoms with van der Waals surface area (Å²) in [6, 6.07) is 10.7. The third-order valence-corrected chi connectivity index (χ3v) is 5.59. The fourth-order valence-electron chi connectivity index (χ4n) is 2.93. The zero-order valence-corrected chi connectivity index (χ0v) is 19.4. The van der Waals surface area contributed by atoms with E-state index in [1.54, 1.807) is 35.7 Å². The largest absolute Gasteiger partial charge is 0.394 e. The lowest BCUT2D eigenvalue weighted by atomic mass is 10.3. The molecule has 1 aromatic carbocycles. The topological polar surface area (TPSA) is 79.1 Å². The second-order valence-electron chi connectivity index (χ2n) is 7.22. The van der Waals surface area contributed by atoms with Crippen molar-refractivity contribution in [3.05, 3.63) is 95.1 Å². The SMILES string of the molecule is C1=CC=CCC=C1.CN(CNc1ccccc1F)c1nc(NCCc2cccs2)ncc1N. The first-order chi connectivity index (χ1) is 16.1. The number of anilines is 4. The number of hydrogen-bond acceptors (Lipinski definition) is 7. The maximum Gasteiger partial charge on any atom is 0.224 e. The Bertz CT molecular complexity index is 1060. The molecule has 4 rings (SSSR count). The van der Waals surface area contributed by atoms with E-state index in [1.165, 1.54) is 10.9 Å². The monoisotopic (exact) mass is 464 g/mol. The van der Waals surface area contributed by atoms with Crippen LogP contribution in [0.25, 0.3) is 0 Å². The fourth-order valence-corrected chi connectivity index (χ4v) is 3.64. The van der Waals surface area contributed by atoms with Crippen molar-refractivity contribution in [3.8, 4) is 0 Å². The Morgan fingerprint density at radius 2 is 1.85 bits per heavy atom. The van der Waals surface area contributed by atoms with Crippen molar-refractivity contribution in [3.63, 3.8) is 0 Å². The van der Waals surface area contributed by atoms with Gasteiger partial charge in [0.25, 0.3) is 0 Å². The van der Waals surface area contributed by atoms with Gasteiger partial charge in [0.15, 0.2) is 5.82 Å². The van der Waals surface area contributed by atoms with Crippen molar-refractivity contribution in [1.29, 1.82) is 0 Å². The summed E-state index contributed by atoms with van der Waals surface area (Å²) < 4.78 is 13.7. The van der Waals surface area contributed by atoms with Crippen LogP contribution >= 0.6 is 11.3 Å². The molecule has 172 valence electrons. The molecule has 0 aliphatic heterocycles. The van der Waals surface area contributed by atoms with Gasteiger partial charge in [-0.15, -0.1) is 11.3 Å². The molecule has 1 aliphatic carbocycles. The fraction of sp³-hybridized carbons (Fsp3) is 0.200. The van der Waals surface area contributed by atoms with Crippen molar-refractivity contribution in [2.24, 2.45) is 0 Å². The maximum atomic E-state index is 13.7. The van der Waals surface area contributed by atoms with Crippen LogP contribution in [0.3, 0.4) is 0 Å². The van der Waals surface area contributed by atoms with E-state index in [0.29, 0.717) is 29.8 Å². The number of nitrogen functional groups attached to an aromatic ring is 1. The second kappa shape index (κ2) is 13.0. The van der Waals surface area contributed by atoms with E-state index >= 15 is 0 Å². The van der Waals surface area contributed by atoms with Gasteiger partial charge >= 0.3 is 0 Å². The third-order valence-electron chi connectivity index (χ3n) is 4.65. The summed E-state index contributed by atoms with van der Waals surface area (Å²) >= 11 is 1.73. The third kappa shape index (κ3) is 8.08. The van der Waals surface area contributed by atoms with E-state index in [-0.39, 0.29) is 5.82 Å². The van der Waals surface area contributed by atoms with Crippen LogP contribution in [0.15, 0.2) is 84.4 Å². The summed E-state index contributed by atoms with van der Waals surface area (Å²) in [4.78, 5) is 11.8. The number of para-hydroxylation sites is 1. The average molecular weight is 465 g/mol. The molecule has 2 heterocycles. The molecule has 2 aromatic heterocycles. The van der Waals surface area contributed by atoms with Crippen LogP contribution in [0.1, 0.15) is 11.3 Å².